The Labute approximate surface area is 255 Å². The summed E-state index contributed by atoms with van der Waals surface area (Å²) in [6.45, 7) is 4.08. The van der Waals surface area contributed by atoms with Gasteiger partial charge < -0.3 is 9.73 Å². The number of halogens is 1. The van der Waals surface area contributed by atoms with Crippen molar-refractivity contribution in [3.05, 3.63) is 117 Å². The number of nitrogens with zero attached hydrogens (tertiary/aromatic N) is 5. The van der Waals surface area contributed by atoms with E-state index in [1.54, 1.807) is 35.6 Å². The smallest absolute Gasteiger partial charge is 0.287 e. The van der Waals surface area contributed by atoms with Crippen LogP contribution in [0, 0.1) is 19.7 Å². The SMILES string of the molecule is Cc1ccc(C)c(-n2c(CNC(=O)c3ccco3)nnc2SCC(=O)N2N=C(c3cccs3)C[C@@H]2c2ccc(F)cc2)c1. The quantitative estimate of drug-likeness (QED) is 0.202. The number of amides is 2. The van der Waals surface area contributed by atoms with E-state index in [0.29, 0.717) is 17.4 Å². The molecule has 12 heteroatoms. The van der Waals surface area contributed by atoms with Gasteiger partial charge in [0.15, 0.2) is 16.7 Å². The Morgan fingerprint density at radius 3 is 2.67 bits per heavy atom. The molecule has 43 heavy (non-hydrogen) atoms. The monoisotopic (exact) mass is 614 g/mol. The summed E-state index contributed by atoms with van der Waals surface area (Å²) in [5.41, 5.74) is 4.50. The Balaban J connectivity index is 1.26. The van der Waals surface area contributed by atoms with E-state index in [9.17, 15) is 14.0 Å². The standard InChI is InChI=1S/C31H27FN6O3S2/c1-19-7-8-20(2)24(15-19)37-28(17-33-30(40)26-5-3-13-41-26)34-35-31(37)43-18-29(39)38-25(21-9-11-22(32)12-10-21)16-23(36-38)27-6-4-14-42-27/h3-15,25H,16-18H2,1-2H3,(H,33,40)/t25-/m1/s1. The maximum Gasteiger partial charge on any atom is 0.287 e. The Hall–Kier alpha value is -4.55. The van der Waals surface area contributed by atoms with Gasteiger partial charge in [-0.25, -0.2) is 9.40 Å². The number of benzene rings is 2. The van der Waals surface area contributed by atoms with Crippen molar-refractivity contribution in [2.75, 3.05) is 5.75 Å². The predicted octanol–water partition coefficient (Wildman–Crippen LogP) is 6.08. The molecule has 0 fully saturated rings. The van der Waals surface area contributed by atoms with E-state index in [0.717, 1.165) is 33.0 Å². The third-order valence-corrected chi connectivity index (χ3v) is 8.84. The molecule has 9 nitrogen and oxygen atoms in total. The highest BCUT2D eigenvalue weighted by Crippen LogP contribution is 2.35. The van der Waals surface area contributed by atoms with Crippen LogP contribution in [-0.4, -0.2) is 43.1 Å². The molecule has 1 N–H and O–H groups in total. The number of carbonyl (C=O) groups excluding carboxylic acids is 2. The summed E-state index contributed by atoms with van der Waals surface area (Å²) < 4.78 is 20.8. The van der Waals surface area contributed by atoms with Crippen LogP contribution in [0.25, 0.3) is 5.69 Å². The van der Waals surface area contributed by atoms with Crippen molar-refractivity contribution in [3.63, 3.8) is 0 Å². The van der Waals surface area contributed by atoms with Crippen LogP contribution in [0.4, 0.5) is 4.39 Å². The Morgan fingerprint density at radius 2 is 1.93 bits per heavy atom. The molecule has 218 valence electrons. The third kappa shape index (κ3) is 6.15. The summed E-state index contributed by atoms with van der Waals surface area (Å²) in [6.07, 6.45) is 1.97. The summed E-state index contributed by atoms with van der Waals surface area (Å²) in [4.78, 5) is 27.2. The minimum Gasteiger partial charge on any atom is -0.459 e. The molecule has 0 spiro atoms. The van der Waals surface area contributed by atoms with Gasteiger partial charge in [0.1, 0.15) is 5.82 Å². The number of thiophene rings is 1. The van der Waals surface area contributed by atoms with Gasteiger partial charge in [0.25, 0.3) is 11.8 Å². The summed E-state index contributed by atoms with van der Waals surface area (Å²) in [5, 5.41) is 20.3. The number of furan rings is 1. The van der Waals surface area contributed by atoms with Gasteiger partial charge in [-0.15, -0.1) is 21.5 Å². The number of aromatic nitrogens is 3. The van der Waals surface area contributed by atoms with Gasteiger partial charge >= 0.3 is 0 Å². The van der Waals surface area contributed by atoms with Crippen LogP contribution < -0.4 is 5.32 Å². The molecular formula is C31H27FN6O3S2. The van der Waals surface area contributed by atoms with E-state index in [4.69, 9.17) is 9.52 Å². The normalized spacial score (nSPS) is 14.6. The van der Waals surface area contributed by atoms with Gasteiger partial charge in [-0.2, -0.15) is 5.10 Å². The van der Waals surface area contributed by atoms with E-state index >= 15 is 0 Å². The fraction of sp³-hybridized carbons (Fsp3) is 0.194. The molecule has 3 aromatic heterocycles. The largest absolute Gasteiger partial charge is 0.459 e. The van der Waals surface area contributed by atoms with Crippen molar-refractivity contribution in [2.24, 2.45) is 5.10 Å². The lowest BCUT2D eigenvalue weighted by molar-refractivity contribution is -0.130. The zero-order valence-corrected chi connectivity index (χ0v) is 25.0. The Kier molecular flexibility index (Phi) is 8.21. The summed E-state index contributed by atoms with van der Waals surface area (Å²) in [7, 11) is 0. The van der Waals surface area contributed by atoms with E-state index in [2.05, 4.69) is 15.5 Å². The van der Waals surface area contributed by atoms with Gasteiger partial charge in [-0.3, -0.25) is 14.2 Å². The number of carbonyl (C=O) groups is 2. The van der Waals surface area contributed by atoms with Gasteiger partial charge in [0.2, 0.25) is 0 Å². The average Bonchev–Trinajstić information content (AvgIpc) is 3.83. The van der Waals surface area contributed by atoms with Crippen LogP contribution in [0.3, 0.4) is 0 Å². The van der Waals surface area contributed by atoms with Crippen molar-refractivity contribution in [3.8, 4) is 5.69 Å². The van der Waals surface area contributed by atoms with Crippen molar-refractivity contribution >= 4 is 40.6 Å². The molecule has 0 bridgehead atoms. The predicted molar refractivity (Wildman–Crippen MR) is 163 cm³/mol. The van der Waals surface area contributed by atoms with E-state index in [1.165, 1.54) is 35.2 Å². The molecule has 0 unspecified atom stereocenters. The van der Waals surface area contributed by atoms with E-state index in [-0.39, 0.29) is 41.7 Å². The van der Waals surface area contributed by atoms with Crippen LogP contribution in [0.1, 0.15) is 50.4 Å². The lowest BCUT2D eigenvalue weighted by Gasteiger charge is -2.22. The molecule has 1 aliphatic heterocycles. The average molecular weight is 615 g/mol. The molecule has 1 aliphatic rings. The number of hydrazone groups is 1. The zero-order chi connectivity index (χ0) is 29.9. The second kappa shape index (κ2) is 12.4. The summed E-state index contributed by atoms with van der Waals surface area (Å²) >= 11 is 2.81. The second-order valence-electron chi connectivity index (χ2n) is 10.0. The first-order valence-corrected chi connectivity index (χ1v) is 15.4. The highest BCUT2D eigenvalue weighted by atomic mass is 32.2. The third-order valence-electron chi connectivity index (χ3n) is 7.01. The van der Waals surface area contributed by atoms with Crippen molar-refractivity contribution in [2.45, 2.75) is 38.0 Å². The van der Waals surface area contributed by atoms with Crippen LogP contribution >= 0.6 is 23.1 Å². The van der Waals surface area contributed by atoms with Gasteiger partial charge in [-0.1, -0.05) is 42.1 Å². The first kappa shape index (κ1) is 28.6. The van der Waals surface area contributed by atoms with Crippen molar-refractivity contribution in [1.29, 1.82) is 0 Å². The molecule has 2 aromatic carbocycles. The van der Waals surface area contributed by atoms with Crippen LogP contribution in [0.15, 0.2) is 93.0 Å². The van der Waals surface area contributed by atoms with Crippen LogP contribution in [0.5, 0.6) is 0 Å². The number of rotatable bonds is 9. The molecule has 5 aromatic rings. The fourth-order valence-corrected chi connectivity index (χ4v) is 6.37. The number of thioether (sulfide) groups is 1. The first-order valence-electron chi connectivity index (χ1n) is 13.5. The van der Waals surface area contributed by atoms with E-state index < -0.39 is 0 Å². The topological polar surface area (TPSA) is 106 Å². The van der Waals surface area contributed by atoms with E-state index in [1.807, 2.05) is 54.1 Å². The van der Waals surface area contributed by atoms with Gasteiger partial charge in [0, 0.05) is 6.42 Å². The minimum atomic E-state index is -0.370. The molecule has 0 saturated carbocycles. The lowest BCUT2D eigenvalue weighted by Crippen LogP contribution is -2.28. The highest BCUT2D eigenvalue weighted by Gasteiger charge is 2.34. The zero-order valence-electron chi connectivity index (χ0n) is 23.4. The number of aryl methyl sites for hydroxylation is 2. The molecule has 1 atom stereocenters. The highest BCUT2D eigenvalue weighted by molar-refractivity contribution is 7.99. The van der Waals surface area contributed by atoms with Crippen LogP contribution in [-0.2, 0) is 11.3 Å². The Morgan fingerprint density at radius 1 is 1.09 bits per heavy atom. The van der Waals surface area contributed by atoms with Crippen molar-refractivity contribution < 1.29 is 18.4 Å². The molecule has 4 heterocycles. The van der Waals surface area contributed by atoms with Crippen LogP contribution in [0.2, 0.25) is 0 Å². The number of hydrogen-bond donors (Lipinski definition) is 1. The number of hydrogen-bond acceptors (Lipinski definition) is 8. The number of nitrogens with one attached hydrogen (secondary N) is 1. The maximum absolute atomic E-state index is 13.7. The van der Waals surface area contributed by atoms with Crippen molar-refractivity contribution in [1.82, 2.24) is 25.1 Å². The maximum atomic E-state index is 13.7. The molecule has 0 saturated heterocycles. The summed E-state index contributed by atoms with van der Waals surface area (Å²) in [6, 6.07) is 19.0. The fourth-order valence-electron chi connectivity index (χ4n) is 4.83. The minimum absolute atomic E-state index is 0.0423. The second-order valence-corrected chi connectivity index (χ2v) is 11.9. The van der Waals surface area contributed by atoms with Gasteiger partial charge in [-0.05, 0) is 72.3 Å². The Bertz CT molecular complexity index is 1780. The molecule has 6 rings (SSSR count). The molecule has 0 radical (unpaired) electrons. The van der Waals surface area contributed by atoms with Gasteiger partial charge in [0.05, 0.1) is 40.9 Å². The molecular weight excluding hydrogens is 588 g/mol. The molecule has 2 amide bonds. The summed E-state index contributed by atoms with van der Waals surface area (Å²) in [5.74, 6) is -0.176. The molecule has 0 aliphatic carbocycles. The lowest BCUT2D eigenvalue weighted by atomic mass is 10.0. The first-order chi connectivity index (χ1) is 20.9.